The molecule has 2 saturated carbocycles. The molecule has 1 saturated heterocycles. The Morgan fingerprint density at radius 2 is 1.91 bits per heavy atom. The van der Waals surface area contributed by atoms with Gasteiger partial charge in [-0.05, 0) is 81.2 Å². The van der Waals surface area contributed by atoms with Crippen molar-refractivity contribution in [3.05, 3.63) is 18.2 Å². The molecule has 2 aliphatic carbocycles. The summed E-state index contributed by atoms with van der Waals surface area (Å²) in [6, 6.07) is 5.63. The van der Waals surface area contributed by atoms with Crippen LogP contribution in [0.5, 0.6) is 11.6 Å². The van der Waals surface area contributed by atoms with E-state index in [1.807, 2.05) is 18.2 Å². The molecule has 3 fully saturated rings. The largest absolute Gasteiger partial charge is 0.487 e. The van der Waals surface area contributed by atoms with E-state index in [2.05, 4.69) is 15.2 Å². The number of aliphatic hydroxyl groups excluding tert-OH is 1. The number of rotatable bonds is 6. The van der Waals surface area contributed by atoms with E-state index in [-0.39, 0.29) is 18.0 Å². The summed E-state index contributed by atoms with van der Waals surface area (Å²) in [5.74, 6) is 1.91. The third-order valence-corrected chi connectivity index (χ3v) is 6.93. The second-order valence-corrected chi connectivity index (χ2v) is 9.28. The number of carbonyl (C=O) groups excluding carboxylic acids is 1. The van der Waals surface area contributed by atoms with Gasteiger partial charge in [-0.15, -0.1) is 0 Å². The molecule has 2 aromatic rings. The van der Waals surface area contributed by atoms with E-state index < -0.39 is 6.10 Å². The van der Waals surface area contributed by atoms with Gasteiger partial charge in [0.1, 0.15) is 17.2 Å². The molecule has 3 aliphatic rings. The normalized spacial score (nSPS) is 23.8. The summed E-state index contributed by atoms with van der Waals surface area (Å²) in [5, 5.41) is 18.2. The van der Waals surface area contributed by atoms with Crippen molar-refractivity contribution in [1.82, 2.24) is 10.5 Å². The Morgan fingerprint density at radius 3 is 2.61 bits per heavy atom. The lowest BCUT2D eigenvalue weighted by molar-refractivity contribution is -0.145. The fourth-order valence-corrected chi connectivity index (χ4v) is 4.91. The van der Waals surface area contributed by atoms with E-state index in [1.165, 1.54) is 20.0 Å². The Balaban J connectivity index is 0.000000243. The number of hydrogen-bond acceptors (Lipinski definition) is 8. The molecule has 5 rings (SSSR count). The lowest BCUT2D eigenvalue weighted by Gasteiger charge is -2.22. The number of methoxy groups -OCH3 is 1. The number of aliphatic hydroxyl groups is 1. The van der Waals surface area contributed by atoms with Crippen LogP contribution in [-0.4, -0.2) is 55.2 Å². The number of nitrogens with zero attached hydrogens (tertiary/aromatic N) is 1. The molecule has 2 atom stereocenters. The van der Waals surface area contributed by atoms with Crippen molar-refractivity contribution in [2.75, 3.05) is 26.8 Å². The summed E-state index contributed by atoms with van der Waals surface area (Å²) >= 11 is 0. The Kier molecular flexibility index (Phi) is 8.45. The molecule has 1 aromatic carbocycles. The minimum atomic E-state index is -0.403. The first-order valence-electron chi connectivity index (χ1n) is 12.3. The van der Waals surface area contributed by atoms with Crippen molar-refractivity contribution in [3.63, 3.8) is 0 Å². The summed E-state index contributed by atoms with van der Waals surface area (Å²) in [5.41, 5.74) is 0.653. The molecule has 0 spiro atoms. The van der Waals surface area contributed by atoms with Crippen LogP contribution in [0.25, 0.3) is 11.0 Å². The highest BCUT2D eigenvalue weighted by Gasteiger charge is 2.28. The maximum Gasteiger partial charge on any atom is 0.308 e. The molecule has 1 aliphatic heterocycles. The Morgan fingerprint density at radius 1 is 1.12 bits per heavy atom. The minimum absolute atomic E-state index is 0.0208. The standard InChI is InChI=1S/C18H24N2O4.C7H12O2/c21-13-3-1-4-14(13)23-15-5-2-6-16-17(15)18(20-24-16)22-11-12-7-9-19-10-8-12;1-9-7(8)6-4-2-3-5-6/h2,5-6,12-14,19,21H,1,3-4,7-11H2;6H,2-5H2,1H3/t13-,14-;/m1./s1. The van der Waals surface area contributed by atoms with Crippen LogP contribution >= 0.6 is 0 Å². The zero-order valence-corrected chi connectivity index (χ0v) is 19.5. The fraction of sp³-hybridized carbons (Fsp3) is 0.680. The zero-order valence-electron chi connectivity index (χ0n) is 19.5. The monoisotopic (exact) mass is 460 g/mol. The van der Waals surface area contributed by atoms with Gasteiger partial charge < -0.3 is 29.2 Å². The third kappa shape index (κ3) is 6.18. The van der Waals surface area contributed by atoms with E-state index in [1.54, 1.807) is 0 Å². The van der Waals surface area contributed by atoms with E-state index in [0.29, 0.717) is 29.7 Å². The van der Waals surface area contributed by atoms with Gasteiger partial charge in [-0.3, -0.25) is 4.79 Å². The second-order valence-electron chi connectivity index (χ2n) is 9.28. The Labute approximate surface area is 194 Å². The van der Waals surface area contributed by atoms with E-state index >= 15 is 0 Å². The van der Waals surface area contributed by atoms with Crippen LogP contribution in [-0.2, 0) is 9.53 Å². The van der Waals surface area contributed by atoms with Crippen LogP contribution in [0.3, 0.4) is 0 Å². The van der Waals surface area contributed by atoms with Crippen molar-refractivity contribution in [1.29, 1.82) is 0 Å². The highest BCUT2D eigenvalue weighted by atomic mass is 16.5. The van der Waals surface area contributed by atoms with Crippen molar-refractivity contribution in [3.8, 4) is 11.6 Å². The lowest BCUT2D eigenvalue weighted by Crippen LogP contribution is -2.30. The van der Waals surface area contributed by atoms with Crippen LogP contribution in [0.15, 0.2) is 22.7 Å². The van der Waals surface area contributed by atoms with E-state index in [0.717, 1.165) is 63.4 Å². The molecule has 33 heavy (non-hydrogen) atoms. The molecule has 0 radical (unpaired) electrons. The fourth-order valence-electron chi connectivity index (χ4n) is 4.91. The van der Waals surface area contributed by atoms with Crippen molar-refractivity contribution < 1.29 is 28.6 Å². The van der Waals surface area contributed by atoms with Gasteiger partial charge in [0.25, 0.3) is 5.88 Å². The number of aromatic nitrogens is 1. The van der Waals surface area contributed by atoms with Crippen molar-refractivity contribution >= 4 is 16.9 Å². The average molecular weight is 461 g/mol. The van der Waals surface area contributed by atoms with Gasteiger partial charge in [0.05, 0.1) is 25.7 Å². The minimum Gasteiger partial charge on any atom is -0.487 e. The van der Waals surface area contributed by atoms with Gasteiger partial charge in [-0.1, -0.05) is 18.9 Å². The highest BCUT2D eigenvalue weighted by molar-refractivity contribution is 5.88. The molecular formula is C25H36N2O6. The Bertz CT molecular complexity index is 888. The average Bonchev–Trinajstić information content (AvgIpc) is 3.61. The number of fused-ring (bicyclic) bond motifs is 1. The van der Waals surface area contributed by atoms with E-state index in [9.17, 15) is 9.90 Å². The quantitative estimate of drug-likeness (QED) is 0.627. The molecule has 182 valence electrons. The Hall–Kier alpha value is -2.32. The maximum atomic E-state index is 10.8. The van der Waals surface area contributed by atoms with Gasteiger partial charge in [-0.25, -0.2) is 0 Å². The summed E-state index contributed by atoms with van der Waals surface area (Å²) in [6.45, 7) is 2.73. The molecule has 0 unspecified atom stereocenters. The van der Waals surface area contributed by atoms with Crippen molar-refractivity contribution in [2.24, 2.45) is 11.8 Å². The third-order valence-electron chi connectivity index (χ3n) is 6.93. The second kappa shape index (κ2) is 11.7. The first kappa shape index (κ1) is 23.8. The molecule has 8 nitrogen and oxygen atoms in total. The van der Waals surface area contributed by atoms with Gasteiger partial charge in [0.2, 0.25) is 0 Å². The van der Waals surface area contributed by atoms with Crippen LogP contribution in [0.4, 0.5) is 0 Å². The summed E-state index contributed by atoms with van der Waals surface area (Å²) in [7, 11) is 1.46. The first-order valence-corrected chi connectivity index (χ1v) is 12.3. The predicted molar refractivity (Wildman–Crippen MR) is 123 cm³/mol. The molecule has 2 heterocycles. The molecule has 0 amide bonds. The molecule has 2 N–H and O–H groups in total. The first-order chi connectivity index (χ1) is 16.2. The van der Waals surface area contributed by atoms with Gasteiger partial charge in [0.15, 0.2) is 5.58 Å². The molecule has 8 heteroatoms. The smallest absolute Gasteiger partial charge is 0.308 e. The number of carbonyl (C=O) groups is 1. The van der Waals surface area contributed by atoms with Gasteiger partial charge in [-0.2, -0.15) is 0 Å². The predicted octanol–water partition coefficient (Wildman–Crippen LogP) is 3.85. The number of esters is 1. The molecule has 0 bridgehead atoms. The van der Waals surface area contributed by atoms with Crippen LogP contribution < -0.4 is 14.8 Å². The maximum absolute atomic E-state index is 10.8. The van der Waals surface area contributed by atoms with Gasteiger partial charge >= 0.3 is 5.97 Å². The lowest BCUT2D eigenvalue weighted by atomic mass is 9.99. The summed E-state index contributed by atoms with van der Waals surface area (Å²) in [6.07, 6.45) is 8.78. The summed E-state index contributed by atoms with van der Waals surface area (Å²) < 4.78 is 22.0. The number of ether oxygens (including phenoxy) is 3. The number of benzene rings is 1. The van der Waals surface area contributed by atoms with Crippen molar-refractivity contribution in [2.45, 2.75) is 70.0 Å². The number of hydrogen-bond donors (Lipinski definition) is 2. The highest BCUT2D eigenvalue weighted by Crippen LogP contribution is 2.36. The zero-order chi connectivity index (χ0) is 23.0. The van der Waals surface area contributed by atoms with E-state index in [4.69, 9.17) is 14.0 Å². The van der Waals surface area contributed by atoms with Gasteiger partial charge in [0, 0.05) is 0 Å². The number of nitrogens with one attached hydrogen (secondary N) is 1. The van der Waals surface area contributed by atoms with Crippen LogP contribution in [0, 0.1) is 11.8 Å². The van der Waals surface area contributed by atoms with Crippen LogP contribution in [0.2, 0.25) is 0 Å². The molecular weight excluding hydrogens is 424 g/mol. The number of piperidine rings is 1. The topological polar surface area (TPSA) is 103 Å². The summed E-state index contributed by atoms with van der Waals surface area (Å²) in [4.78, 5) is 10.8. The SMILES string of the molecule is COC(=O)C1CCCC1.O[C@@H]1CCC[C@H]1Oc1cccc2onc(OCC3CCNCC3)c12. The van der Waals surface area contributed by atoms with Crippen LogP contribution in [0.1, 0.15) is 57.8 Å². The molecule has 1 aromatic heterocycles.